The first-order chi connectivity index (χ1) is 14.1. The molecular formula is C22H35N7. The van der Waals surface area contributed by atoms with Gasteiger partial charge < -0.3 is 15.5 Å². The minimum absolute atomic E-state index is 0.662. The van der Waals surface area contributed by atoms with Crippen LogP contribution in [0.1, 0.15) is 30.2 Å². The van der Waals surface area contributed by atoms with Gasteiger partial charge in [0.25, 0.3) is 0 Å². The van der Waals surface area contributed by atoms with Crippen LogP contribution in [0.2, 0.25) is 0 Å². The predicted octanol–water partition coefficient (Wildman–Crippen LogP) is 1.81. The Morgan fingerprint density at radius 3 is 2.52 bits per heavy atom. The predicted molar refractivity (Wildman–Crippen MR) is 119 cm³/mol. The smallest absolute Gasteiger partial charge is 0.191 e. The van der Waals surface area contributed by atoms with Crippen LogP contribution in [-0.4, -0.2) is 65.3 Å². The number of guanidine groups is 1. The van der Waals surface area contributed by atoms with Gasteiger partial charge in [0.1, 0.15) is 0 Å². The molecule has 0 aliphatic carbocycles. The lowest BCUT2D eigenvalue weighted by Gasteiger charge is -2.20. The topological polar surface area (TPSA) is 60.7 Å². The Labute approximate surface area is 174 Å². The Balaban J connectivity index is 1.52. The zero-order valence-electron chi connectivity index (χ0n) is 18.1. The first-order valence-electron chi connectivity index (χ1n) is 10.6. The third-order valence-corrected chi connectivity index (χ3v) is 5.36. The standard InChI is InChI=1S/C22H35N7/c1-4-23-22(25-17-21-10-11-26-28(21)3)24-16-19-6-8-20(9-7-19)18-29-13-5-12-27(2)14-15-29/h6-11H,4-5,12-18H2,1-3H3,(H2,23,24,25). The highest BCUT2D eigenvalue weighted by Gasteiger charge is 2.12. The summed E-state index contributed by atoms with van der Waals surface area (Å²) in [6.07, 6.45) is 3.06. The maximum absolute atomic E-state index is 4.73. The van der Waals surface area contributed by atoms with Crippen molar-refractivity contribution in [2.24, 2.45) is 12.0 Å². The van der Waals surface area contributed by atoms with Gasteiger partial charge in [0.15, 0.2) is 5.96 Å². The molecule has 1 aliphatic heterocycles. The highest BCUT2D eigenvalue weighted by molar-refractivity contribution is 5.79. The summed E-state index contributed by atoms with van der Waals surface area (Å²) in [5, 5.41) is 10.9. The molecular weight excluding hydrogens is 362 g/mol. The first-order valence-corrected chi connectivity index (χ1v) is 10.6. The van der Waals surface area contributed by atoms with Crippen LogP contribution in [0.25, 0.3) is 0 Å². The van der Waals surface area contributed by atoms with Crippen molar-refractivity contribution in [3.05, 3.63) is 53.3 Å². The molecule has 0 spiro atoms. The van der Waals surface area contributed by atoms with Gasteiger partial charge in [-0.1, -0.05) is 24.3 Å². The lowest BCUT2D eigenvalue weighted by Crippen LogP contribution is -2.37. The number of hydrogen-bond donors (Lipinski definition) is 2. The van der Waals surface area contributed by atoms with Gasteiger partial charge in [-0.3, -0.25) is 9.58 Å². The lowest BCUT2D eigenvalue weighted by molar-refractivity contribution is 0.269. The summed E-state index contributed by atoms with van der Waals surface area (Å²) in [4.78, 5) is 9.71. The number of hydrogen-bond acceptors (Lipinski definition) is 4. The Kier molecular flexibility index (Phi) is 8.07. The molecule has 2 aromatic rings. The number of nitrogens with zero attached hydrogens (tertiary/aromatic N) is 5. The summed E-state index contributed by atoms with van der Waals surface area (Å²) in [6.45, 7) is 10.0. The van der Waals surface area contributed by atoms with Gasteiger partial charge in [-0.2, -0.15) is 5.10 Å². The molecule has 0 unspecified atom stereocenters. The summed E-state index contributed by atoms with van der Waals surface area (Å²) in [7, 11) is 4.17. The molecule has 29 heavy (non-hydrogen) atoms. The average molecular weight is 398 g/mol. The second-order valence-electron chi connectivity index (χ2n) is 7.74. The number of aromatic nitrogens is 2. The zero-order valence-corrected chi connectivity index (χ0v) is 18.1. The zero-order chi connectivity index (χ0) is 20.5. The number of rotatable bonds is 7. The summed E-state index contributed by atoms with van der Waals surface area (Å²) < 4.78 is 1.87. The second kappa shape index (κ2) is 11.0. The molecule has 3 rings (SSSR count). The summed E-state index contributed by atoms with van der Waals surface area (Å²) in [5.74, 6) is 0.825. The van der Waals surface area contributed by atoms with Crippen molar-refractivity contribution in [3.63, 3.8) is 0 Å². The molecule has 158 valence electrons. The summed E-state index contributed by atoms with van der Waals surface area (Å²) >= 11 is 0. The minimum Gasteiger partial charge on any atom is -0.357 e. The van der Waals surface area contributed by atoms with Crippen LogP contribution in [0.5, 0.6) is 0 Å². The Hall–Kier alpha value is -2.38. The van der Waals surface area contributed by atoms with Gasteiger partial charge >= 0.3 is 0 Å². The van der Waals surface area contributed by atoms with Crippen LogP contribution in [0.3, 0.4) is 0 Å². The molecule has 0 radical (unpaired) electrons. The maximum Gasteiger partial charge on any atom is 0.191 e. The van der Waals surface area contributed by atoms with Crippen molar-refractivity contribution in [3.8, 4) is 0 Å². The van der Waals surface area contributed by atoms with E-state index in [1.54, 1.807) is 0 Å². The fraction of sp³-hybridized carbons (Fsp3) is 0.545. The minimum atomic E-state index is 0.662. The van der Waals surface area contributed by atoms with Crippen LogP contribution in [0.4, 0.5) is 0 Å². The fourth-order valence-electron chi connectivity index (χ4n) is 3.53. The molecule has 2 N–H and O–H groups in total. The Morgan fingerprint density at radius 1 is 1.00 bits per heavy atom. The molecule has 1 aromatic heterocycles. The Morgan fingerprint density at radius 2 is 1.79 bits per heavy atom. The summed E-state index contributed by atoms with van der Waals surface area (Å²) in [5.41, 5.74) is 3.73. The number of benzene rings is 1. The molecule has 0 amide bonds. The SMILES string of the molecule is CCNC(=NCc1ccc(CN2CCCN(C)CC2)cc1)NCc1ccnn1C. The van der Waals surface area contributed by atoms with Crippen LogP contribution in [-0.2, 0) is 26.7 Å². The van der Waals surface area contributed by atoms with E-state index in [1.165, 1.54) is 30.6 Å². The average Bonchev–Trinajstić information content (AvgIpc) is 3.02. The van der Waals surface area contributed by atoms with Crippen LogP contribution in [0, 0.1) is 0 Å². The number of nitrogens with one attached hydrogen (secondary N) is 2. The molecule has 7 nitrogen and oxygen atoms in total. The van der Waals surface area contributed by atoms with Crippen molar-refractivity contribution < 1.29 is 0 Å². The quantitative estimate of drug-likeness (QED) is 0.551. The summed E-state index contributed by atoms with van der Waals surface area (Å²) in [6, 6.07) is 10.9. The molecule has 1 aromatic carbocycles. The van der Waals surface area contributed by atoms with Crippen molar-refractivity contribution in [1.29, 1.82) is 0 Å². The van der Waals surface area contributed by atoms with Crippen LogP contribution >= 0.6 is 0 Å². The third-order valence-electron chi connectivity index (χ3n) is 5.36. The molecule has 1 fully saturated rings. The molecule has 0 bridgehead atoms. The molecule has 2 heterocycles. The monoisotopic (exact) mass is 397 g/mol. The van der Waals surface area contributed by atoms with E-state index in [1.807, 2.05) is 24.0 Å². The van der Waals surface area contributed by atoms with Crippen molar-refractivity contribution in [2.45, 2.75) is 33.0 Å². The second-order valence-corrected chi connectivity index (χ2v) is 7.74. The van der Waals surface area contributed by atoms with E-state index in [-0.39, 0.29) is 0 Å². The molecule has 0 atom stereocenters. The van der Waals surface area contributed by atoms with Gasteiger partial charge in [0.05, 0.1) is 18.8 Å². The van der Waals surface area contributed by atoms with Gasteiger partial charge in [-0.05, 0) is 50.7 Å². The largest absolute Gasteiger partial charge is 0.357 e. The van der Waals surface area contributed by atoms with Gasteiger partial charge in [-0.25, -0.2) is 4.99 Å². The van der Waals surface area contributed by atoms with E-state index in [9.17, 15) is 0 Å². The highest BCUT2D eigenvalue weighted by atomic mass is 15.3. The van der Waals surface area contributed by atoms with E-state index in [4.69, 9.17) is 4.99 Å². The maximum atomic E-state index is 4.73. The van der Waals surface area contributed by atoms with Crippen molar-refractivity contribution in [1.82, 2.24) is 30.2 Å². The van der Waals surface area contributed by atoms with Crippen molar-refractivity contribution in [2.75, 3.05) is 39.8 Å². The van der Waals surface area contributed by atoms with E-state index < -0.39 is 0 Å². The molecule has 1 saturated heterocycles. The van der Waals surface area contributed by atoms with Gasteiger partial charge in [0, 0.05) is 39.4 Å². The van der Waals surface area contributed by atoms with Crippen LogP contribution < -0.4 is 10.6 Å². The van der Waals surface area contributed by atoms with E-state index in [2.05, 4.69) is 63.8 Å². The van der Waals surface area contributed by atoms with Crippen LogP contribution in [0.15, 0.2) is 41.5 Å². The number of aryl methyl sites for hydroxylation is 1. The van der Waals surface area contributed by atoms with Gasteiger partial charge in [0.2, 0.25) is 0 Å². The lowest BCUT2D eigenvalue weighted by atomic mass is 10.1. The number of likely N-dealkylation sites (N-methyl/N-ethyl adjacent to an activating group) is 1. The first kappa shape index (κ1) is 21.3. The van der Waals surface area contributed by atoms with E-state index >= 15 is 0 Å². The molecule has 0 saturated carbocycles. The fourth-order valence-corrected chi connectivity index (χ4v) is 3.53. The van der Waals surface area contributed by atoms with E-state index in [0.29, 0.717) is 13.1 Å². The van der Waals surface area contributed by atoms with Crippen molar-refractivity contribution >= 4 is 5.96 Å². The third kappa shape index (κ3) is 6.87. The number of aliphatic imine (C=N–C) groups is 1. The normalized spacial score (nSPS) is 16.6. The Bertz CT molecular complexity index is 766. The molecule has 7 heteroatoms. The highest BCUT2D eigenvalue weighted by Crippen LogP contribution is 2.11. The van der Waals surface area contributed by atoms with E-state index in [0.717, 1.165) is 37.8 Å². The molecule has 1 aliphatic rings. The van der Waals surface area contributed by atoms with Gasteiger partial charge in [-0.15, -0.1) is 0 Å².